The predicted molar refractivity (Wildman–Crippen MR) is 91.7 cm³/mol. The van der Waals surface area contributed by atoms with Gasteiger partial charge in [-0.25, -0.2) is 0 Å². The van der Waals surface area contributed by atoms with Crippen LogP contribution in [0.25, 0.3) is 0 Å². The third kappa shape index (κ3) is 3.51. The van der Waals surface area contributed by atoms with Gasteiger partial charge in [-0.05, 0) is 60.5 Å². The fraction of sp³-hybridized carbons (Fsp3) is 0.353. The van der Waals surface area contributed by atoms with Gasteiger partial charge in [0.25, 0.3) is 5.91 Å². The molecule has 2 heterocycles. The Bertz CT molecular complexity index is 623. The minimum Gasteiger partial charge on any atom is -0.350 e. The van der Waals surface area contributed by atoms with Crippen LogP contribution in [0.2, 0.25) is 5.02 Å². The molecule has 1 saturated heterocycles. The van der Waals surface area contributed by atoms with Crippen molar-refractivity contribution in [2.45, 2.75) is 18.9 Å². The zero-order valence-electron chi connectivity index (χ0n) is 12.3. The monoisotopic (exact) mass is 334 g/mol. The van der Waals surface area contributed by atoms with Crippen molar-refractivity contribution in [2.24, 2.45) is 0 Å². The van der Waals surface area contributed by atoms with Gasteiger partial charge in [0, 0.05) is 6.54 Å². The number of hydrogen-bond acceptors (Lipinski definition) is 3. The molecule has 3 nitrogen and oxygen atoms in total. The number of benzene rings is 1. The molecule has 5 heteroatoms. The Morgan fingerprint density at radius 2 is 2.05 bits per heavy atom. The van der Waals surface area contributed by atoms with E-state index in [-0.39, 0.29) is 11.9 Å². The van der Waals surface area contributed by atoms with E-state index in [9.17, 15) is 4.79 Å². The van der Waals surface area contributed by atoms with Crippen LogP contribution in [0.15, 0.2) is 41.1 Å². The van der Waals surface area contributed by atoms with Crippen LogP contribution >= 0.6 is 22.9 Å². The van der Waals surface area contributed by atoms with E-state index in [1.165, 1.54) is 18.4 Å². The second kappa shape index (κ2) is 7.27. The molecule has 0 spiro atoms. The summed E-state index contributed by atoms with van der Waals surface area (Å²) >= 11 is 7.79. The average molecular weight is 335 g/mol. The Hall–Kier alpha value is -1.36. The number of rotatable bonds is 5. The second-order valence-corrected chi connectivity index (χ2v) is 6.69. The van der Waals surface area contributed by atoms with Gasteiger partial charge in [0.1, 0.15) is 0 Å². The molecular weight excluding hydrogens is 316 g/mol. The molecule has 1 atom stereocenters. The van der Waals surface area contributed by atoms with Crippen molar-refractivity contribution in [1.82, 2.24) is 10.2 Å². The van der Waals surface area contributed by atoms with Gasteiger partial charge in [-0.1, -0.05) is 23.7 Å². The summed E-state index contributed by atoms with van der Waals surface area (Å²) in [5.74, 6) is -0.106. The summed E-state index contributed by atoms with van der Waals surface area (Å²) < 4.78 is 0. The largest absolute Gasteiger partial charge is 0.350 e. The molecule has 0 unspecified atom stereocenters. The summed E-state index contributed by atoms with van der Waals surface area (Å²) in [6.45, 7) is 2.81. The number of carbonyl (C=O) groups excluding carboxylic acids is 1. The van der Waals surface area contributed by atoms with E-state index < -0.39 is 0 Å². The minimum absolute atomic E-state index is 0.106. The summed E-state index contributed by atoms with van der Waals surface area (Å²) in [7, 11) is 0. The van der Waals surface area contributed by atoms with Gasteiger partial charge in [-0.2, -0.15) is 11.3 Å². The zero-order valence-corrected chi connectivity index (χ0v) is 13.9. The molecular formula is C17H19ClN2OS. The quantitative estimate of drug-likeness (QED) is 0.897. The number of thiophene rings is 1. The van der Waals surface area contributed by atoms with Crippen LogP contribution in [0.4, 0.5) is 0 Å². The van der Waals surface area contributed by atoms with Crippen LogP contribution in [-0.4, -0.2) is 30.4 Å². The van der Waals surface area contributed by atoms with E-state index in [2.05, 4.69) is 27.0 Å². The standard InChI is InChI=1S/C17H19ClN2OS/c18-15-6-2-1-5-14(15)17(21)19-11-16(13-7-10-22-12-13)20-8-3-4-9-20/h1-2,5-7,10,12,16H,3-4,8-9,11H2,(H,19,21)/t16-/m0/s1. The molecule has 3 rings (SSSR count). The van der Waals surface area contributed by atoms with Crippen molar-refractivity contribution in [3.8, 4) is 0 Å². The number of likely N-dealkylation sites (tertiary alicyclic amines) is 1. The summed E-state index contributed by atoms with van der Waals surface area (Å²) in [5, 5.41) is 7.80. The Labute approximate surface area is 139 Å². The van der Waals surface area contributed by atoms with E-state index in [1.54, 1.807) is 23.5 Å². The molecule has 0 radical (unpaired) electrons. The van der Waals surface area contributed by atoms with Gasteiger partial charge in [0.05, 0.1) is 16.6 Å². The van der Waals surface area contributed by atoms with Crippen LogP contribution in [-0.2, 0) is 0 Å². The highest BCUT2D eigenvalue weighted by molar-refractivity contribution is 7.07. The normalized spacial score (nSPS) is 16.6. The van der Waals surface area contributed by atoms with Crippen molar-refractivity contribution >= 4 is 28.8 Å². The number of hydrogen-bond donors (Lipinski definition) is 1. The van der Waals surface area contributed by atoms with E-state index in [0.717, 1.165) is 13.1 Å². The van der Waals surface area contributed by atoms with Crippen LogP contribution in [0.5, 0.6) is 0 Å². The lowest BCUT2D eigenvalue weighted by Crippen LogP contribution is -2.36. The Balaban J connectivity index is 1.69. The second-order valence-electron chi connectivity index (χ2n) is 5.51. The van der Waals surface area contributed by atoms with E-state index in [0.29, 0.717) is 17.1 Å². The van der Waals surface area contributed by atoms with Gasteiger partial charge in [0.2, 0.25) is 0 Å². The highest BCUT2D eigenvalue weighted by atomic mass is 35.5. The number of nitrogens with zero attached hydrogens (tertiary/aromatic N) is 1. The van der Waals surface area contributed by atoms with E-state index in [4.69, 9.17) is 11.6 Å². The third-order valence-electron chi connectivity index (χ3n) is 4.08. The zero-order chi connectivity index (χ0) is 15.4. The topological polar surface area (TPSA) is 32.3 Å². The van der Waals surface area contributed by atoms with Gasteiger partial charge >= 0.3 is 0 Å². The minimum atomic E-state index is -0.106. The molecule has 22 heavy (non-hydrogen) atoms. The Morgan fingerprint density at radius 1 is 1.27 bits per heavy atom. The first-order valence-corrected chi connectivity index (χ1v) is 8.86. The molecule has 1 amide bonds. The number of nitrogens with one attached hydrogen (secondary N) is 1. The van der Waals surface area contributed by atoms with Gasteiger partial charge in [-0.15, -0.1) is 0 Å². The average Bonchev–Trinajstić information content (AvgIpc) is 3.21. The van der Waals surface area contributed by atoms with Crippen molar-refractivity contribution in [3.63, 3.8) is 0 Å². The van der Waals surface area contributed by atoms with Crippen LogP contribution in [0, 0.1) is 0 Å². The first-order valence-electron chi connectivity index (χ1n) is 7.54. The summed E-state index contributed by atoms with van der Waals surface area (Å²) in [6, 6.07) is 9.56. The highest BCUT2D eigenvalue weighted by Crippen LogP contribution is 2.26. The SMILES string of the molecule is O=C(NC[C@@H](c1ccsc1)N1CCCC1)c1ccccc1Cl. The maximum absolute atomic E-state index is 12.3. The summed E-state index contributed by atoms with van der Waals surface area (Å²) in [4.78, 5) is 14.8. The molecule has 1 aliphatic rings. The number of carbonyl (C=O) groups is 1. The van der Waals surface area contributed by atoms with Crippen molar-refractivity contribution in [1.29, 1.82) is 0 Å². The lowest BCUT2D eigenvalue weighted by Gasteiger charge is -2.27. The molecule has 0 bridgehead atoms. The number of halogens is 1. The van der Waals surface area contributed by atoms with E-state index in [1.807, 2.05) is 12.1 Å². The third-order valence-corrected chi connectivity index (χ3v) is 5.11. The van der Waals surface area contributed by atoms with Gasteiger partial charge in [0.15, 0.2) is 0 Å². The van der Waals surface area contributed by atoms with E-state index >= 15 is 0 Å². The maximum atomic E-state index is 12.3. The van der Waals surface area contributed by atoms with Gasteiger partial charge in [-0.3, -0.25) is 9.69 Å². The lowest BCUT2D eigenvalue weighted by atomic mass is 10.1. The fourth-order valence-electron chi connectivity index (χ4n) is 2.91. The number of amides is 1. The van der Waals surface area contributed by atoms with Gasteiger partial charge < -0.3 is 5.32 Å². The fourth-order valence-corrected chi connectivity index (χ4v) is 3.83. The van der Waals surface area contributed by atoms with Crippen LogP contribution < -0.4 is 5.32 Å². The van der Waals surface area contributed by atoms with Crippen molar-refractivity contribution < 1.29 is 4.79 Å². The van der Waals surface area contributed by atoms with Crippen LogP contribution in [0.3, 0.4) is 0 Å². The first-order chi connectivity index (χ1) is 10.8. The smallest absolute Gasteiger partial charge is 0.252 e. The van der Waals surface area contributed by atoms with Crippen LogP contribution in [0.1, 0.15) is 34.8 Å². The molecule has 116 valence electrons. The maximum Gasteiger partial charge on any atom is 0.252 e. The molecule has 1 fully saturated rings. The molecule has 0 saturated carbocycles. The molecule has 1 aromatic heterocycles. The molecule has 2 aromatic rings. The molecule has 1 N–H and O–H groups in total. The highest BCUT2D eigenvalue weighted by Gasteiger charge is 2.24. The first kappa shape index (κ1) is 15.5. The summed E-state index contributed by atoms with van der Waals surface area (Å²) in [5.41, 5.74) is 1.82. The predicted octanol–water partition coefficient (Wildman–Crippen LogP) is 3.97. The molecule has 1 aromatic carbocycles. The Kier molecular flexibility index (Phi) is 5.13. The Morgan fingerprint density at radius 3 is 2.73 bits per heavy atom. The molecule has 1 aliphatic heterocycles. The van der Waals surface area contributed by atoms with Crippen molar-refractivity contribution in [2.75, 3.05) is 19.6 Å². The van der Waals surface area contributed by atoms with Crippen molar-refractivity contribution in [3.05, 3.63) is 57.2 Å². The summed E-state index contributed by atoms with van der Waals surface area (Å²) in [6.07, 6.45) is 2.47. The molecule has 0 aliphatic carbocycles. The lowest BCUT2D eigenvalue weighted by molar-refractivity contribution is 0.0938.